The Bertz CT molecular complexity index is 835. The Morgan fingerprint density at radius 3 is 2.73 bits per heavy atom. The third-order valence-electron chi connectivity index (χ3n) is 4.05. The van der Waals surface area contributed by atoms with Crippen LogP contribution in [0, 0.1) is 10.1 Å². The van der Waals surface area contributed by atoms with Crippen LogP contribution in [0.25, 0.3) is 5.69 Å². The van der Waals surface area contributed by atoms with Gasteiger partial charge in [0, 0.05) is 36.4 Å². The molecule has 0 spiro atoms. The summed E-state index contributed by atoms with van der Waals surface area (Å²) in [6, 6.07) is 5.47. The van der Waals surface area contributed by atoms with Crippen LogP contribution in [0.1, 0.15) is 16.8 Å². The number of carboxylic acids is 1. The molecule has 1 aromatic heterocycles. The Morgan fingerprint density at radius 1 is 1.35 bits per heavy atom. The predicted octanol–water partition coefficient (Wildman–Crippen LogP) is 1.81. The van der Waals surface area contributed by atoms with Gasteiger partial charge in [0.15, 0.2) is 0 Å². The van der Waals surface area contributed by atoms with Crippen molar-refractivity contribution in [1.82, 2.24) is 14.7 Å². The summed E-state index contributed by atoms with van der Waals surface area (Å²) in [5, 5.41) is 23.9. The molecule has 1 amide bonds. The van der Waals surface area contributed by atoms with E-state index in [0.717, 1.165) is 5.75 Å². The van der Waals surface area contributed by atoms with Gasteiger partial charge in [-0.2, -0.15) is 16.9 Å². The minimum atomic E-state index is -0.933. The van der Waals surface area contributed by atoms with Crippen LogP contribution >= 0.6 is 11.8 Å². The van der Waals surface area contributed by atoms with Gasteiger partial charge in [0.25, 0.3) is 11.6 Å². The van der Waals surface area contributed by atoms with Crippen LogP contribution < -0.4 is 0 Å². The molecule has 1 aliphatic rings. The molecule has 2 aromatic rings. The molecule has 1 N–H and O–H groups in total. The monoisotopic (exact) mass is 376 g/mol. The van der Waals surface area contributed by atoms with Crippen molar-refractivity contribution in [2.24, 2.45) is 0 Å². The number of aromatic nitrogens is 2. The largest absolute Gasteiger partial charge is 0.481 e. The molecule has 1 aliphatic heterocycles. The Labute approximate surface area is 152 Å². The lowest BCUT2D eigenvalue weighted by atomic mass is 10.1. The van der Waals surface area contributed by atoms with Gasteiger partial charge >= 0.3 is 5.97 Å². The van der Waals surface area contributed by atoms with Gasteiger partial charge in [-0.25, -0.2) is 4.68 Å². The normalized spacial score (nSPS) is 17.1. The maximum Gasteiger partial charge on any atom is 0.305 e. The van der Waals surface area contributed by atoms with E-state index in [1.54, 1.807) is 35.0 Å². The smallest absolute Gasteiger partial charge is 0.305 e. The lowest BCUT2D eigenvalue weighted by Gasteiger charge is -2.34. The van der Waals surface area contributed by atoms with Crippen molar-refractivity contribution in [3.05, 3.63) is 52.3 Å². The average Bonchev–Trinajstić information content (AvgIpc) is 3.11. The van der Waals surface area contributed by atoms with E-state index < -0.39 is 10.9 Å². The van der Waals surface area contributed by atoms with Crippen LogP contribution in [0.5, 0.6) is 0 Å². The summed E-state index contributed by atoms with van der Waals surface area (Å²) in [7, 11) is 0. The molecule has 1 atom stereocenters. The van der Waals surface area contributed by atoms with Crippen LogP contribution in [-0.4, -0.2) is 60.7 Å². The fourth-order valence-electron chi connectivity index (χ4n) is 2.76. The van der Waals surface area contributed by atoms with Crippen molar-refractivity contribution in [3.63, 3.8) is 0 Å². The minimum absolute atomic E-state index is 0.0282. The molecule has 2 heterocycles. The SMILES string of the molecule is O=C(O)CC1CSCCN1C(=O)c1cnn(-c2ccc([N+](=O)[O-])cc2)c1. The number of non-ortho nitro benzene ring substituents is 1. The molecule has 1 aromatic carbocycles. The third kappa shape index (κ3) is 3.85. The van der Waals surface area contributed by atoms with E-state index in [-0.39, 0.29) is 24.1 Å². The first kappa shape index (κ1) is 17.9. The Hall–Kier alpha value is -2.88. The molecular weight excluding hydrogens is 360 g/mol. The number of carbonyl (C=O) groups is 2. The van der Waals surface area contributed by atoms with Crippen LogP contribution in [0.2, 0.25) is 0 Å². The van der Waals surface area contributed by atoms with E-state index in [9.17, 15) is 19.7 Å². The minimum Gasteiger partial charge on any atom is -0.481 e. The van der Waals surface area contributed by atoms with Crippen molar-refractivity contribution in [2.75, 3.05) is 18.1 Å². The highest BCUT2D eigenvalue weighted by Gasteiger charge is 2.30. The first-order chi connectivity index (χ1) is 12.5. The van der Waals surface area contributed by atoms with Gasteiger partial charge in [-0.05, 0) is 12.1 Å². The number of carboxylic acid groups (broad SMARTS) is 1. The van der Waals surface area contributed by atoms with Crippen molar-refractivity contribution >= 4 is 29.3 Å². The number of aliphatic carboxylic acids is 1. The number of nitro benzene ring substituents is 1. The topological polar surface area (TPSA) is 119 Å². The van der Waals surface area contributed by atoms with Crippen LogP contribution in [0.15, 0.2) is 36.7 Å². The molecule has 9 nitrogen and oxygen atoms in total. The number of nitro groups is 1. The summed E-state index contributed by atoms with van der Waals surface area (Å²) in [6.07, 6.45) is 2.88. The van der Waals surface area contributed by atoms with Gasteiger partial charge in [0.2, 0.25) is 0 Å². The fourth-order valence-corrected chi connectivity index (χ4v) is 3.82. The van der Waals surface area contributed by atoms with E-state index in [0.29, 0.717) is 23.5 Å². The van der Waals surface area contributed by atoms with E-state index in [4.69, 9.17) is 5.11 Å². The summed E-state index contributed by atoms with van der Waals surface area (Å²) in [5.41, 5.74) is 0.913. The first-order valence-electron chi connectivity index (χ1n) is 7.85. The highest BCUT2D eigenvalue weighted by molar-refractivity contribution is 7.99. The highest BCUT2D eigenvalue weighted by atomic mass is 32.2. The fraction of sp³-hybridized carbons (Fsp3) is 0.312. The molecular formula is C16H16N4O5S. The van der Waals surface area contributed by atoms with Gasteiger partial charge in [0.05, 0.1) is 34.8 Å². The molecule has 1 saturated heterocycles. The highest BCUT2D eigenvalue weighted by Crippen LogP contribution is 2.22. The Morgan fingerprint density at radius 2 is 2.08 bits per heavy atom. The zero-order valence-corrected chi connectivity index (χ0v) is 14.5. The maximum atomic E-state index is 12.8. The molecule has 136 valence electrons. The predicted molar refractivity (Wildman–Crippen MR) is 94.6 cm³/mol. The third-order valence-corrected chi connectivity index (χ3v) is 5.14. The number of thioether (sulfide) groups is 1. The lowest BCUT2D eigenvalue weighted by Crippen LogP contribution is -2.47. The van der Waals surface area contributed by atoms with Gasteiger partial charge in [-0.1, -0.05) is 0 Å². The van der Waals surface area contributed by atoms with Crippen molar-refractivity contribution in [2.45, 2.75) is 12.5 Å². The zero-order chi connectivity index (χ0) is 18.7. The number of amides is 1. The van der Waals surface area contributed by atoms with Gasteiger partial charge in [0.1, 0.15) is 0 Å². The second-order valence-corrected chi connectivity index (χ2v) is 6.92. The number of rotatable bonds is 5. The number of carbonyl (C=O) groups excluding carboxylic acids is 1. The summed E-state index contributed by atoms with van der Waals surface area (Å²) in [6.45, 7) is 0.490. The lowest BCUT2D eigenvalue weighted by molar-refractivity contribution is -0.384. The van der Waals surface area contributed by atoms with E-state index in [1.807, 2.05) is 0 Å². The van der Waals surface area contributed by atoms with Crippen LogP contribution in [0.4, 0.5) is 5.69 Å². The quantitative estimate of drug-likeness (QED) is 0.624. The van der Waals surface area contributed by atoms with E-state index in [2.05, 4.69) is 5.10 Å². The first-order valence-corrected chi connectivity index (χ1v) is 9.01. The van der Waals surface area contributed by atoms with Crippen LogP contribution in [-0.2, 0) is 4.79 Å². The number of hydrogen-bond donors (Lipinski definition) is 1. The van der Waals surface area contributed by atoms with Gasteiger partial charge < -0.3 is 10.0 Å². The molecule has 1 unspecified atom stereocenters. The summed E-state index contributed by atoms with van der Waals surface area (Å²) < 4.78 is 1.46. The van der Waals surface area contributed by atoms with E-state index >= 15 is 0 Å². The Kier molecular flexibility index (Phi) is 5.21. The second kappa shape index (κ2) is 7.56. The molecule has 0 saturated carbocycles. The summed E-state index contributed by atoms with van der Waals surface area (Å²) in [5.74, 6) is 0.161. The van der Waals surface area contributed by atoms with E-state index in [1.165, 1.54) is 23.0 Å². The van der Waals surface area contributed by atoms with Crippen molar-refractivity contribution in [3.8, 4) is 5.69 Å². The summed E-state index contributed by atoms with van der Waals surface area (Å²) >= 11 is 1.63. The number of nitrogens with zero attached hydrogens (tertiary/aromatic N) is 4. The van der Waals surface area contributed by atoms with Crippen LogP contribution in [0.3, 0.4) is 0 Å². The number of hydrogen-bond acceptors (Lipinski definition) is 6. The van der Waals surface area contributed by atoms with Crippen molar-refractivity contribution in [1.29, 1.82) is 0 Å². The molecule has 26 heavy (non-hydrogen) atoms. The van der Waals surface area contributed by atoms with Gasteiger partial charge in [-0.3, -0.25) is 19.7 Å². The number of benzene rings is 1. The average molecular weight is 376 g/mol. The molecule has 0 bridgehead atoms. The zero-order valence-electron chi connectivity index (χ0n) is 13.6. The van der Waals surface area contributed by atoms with Crippen molar-refractivity contribution < 1.29 is 19.6 Å². The Balaban J connectivity index is 1.78. The van der Waals surface area contributed by atoms with Gasteiger partial charge in [-0.15, -0.1) is 0 Å². The summed E-state index contributed by atoms with van der Waals surface area (Å²) in [4.78, 5) is 35.6. The molecule has 0 aliphatic carbocycles. The molecule has 0 radical (unpaired) electrons. The molecule has 1 fully saturated rings. The molecule has 10 heteroatoms. The standard InChI is InChI=1S/C16H16N4O5S/c21-15(22)7-14-10-26-6-5-18(14)16(23)11-8-17-19(9-11)12-1-3-13(4-2-12)20(24)25/h1-4,8-9,14H,5-7,10H2,(H,21,22). The maximum absolute atomic E-state index is 12.8. The second-order valence-electron chi connectivity index (χ2n) is 5.77. The molecule has 3 rings (SSSR count).